The molecule has 0 atom stereocenters. The van der Waals surface area contributed by atoms with Gasteiger partial charge >= 0.3 is 5.97 Å². The summed E-state index contributed by atoms with van der Waals surface area (Å²) < 4.78 is 5.78. The molecule has 0 aromatic carbocycles. The Labute approximate surface area is 180 Å². The van der Waals surface area contributed by atoms with Gasteiger partial charge in [-0.25, -0.2) is 0 Å². The molecule has 2 heteroatoms. The molecule has 0 amide bonds. The number of hydrogen-bond donors (Lipinski definition) is 0. The zero-order valence-electron chi connectivity index (χ0n) is 19.5. The van der Waals surface area contributed by atoms with E-state index in [1.807, 2.05) is 0 Å². The summed E-state index contributed by atoms with van der Waals surface area (Å²) in [5.74, 6) is 5.04. The summed E-state index contributed by atoms with van der Waals surface area (Å²) in [4.78, 5) is 12.1. The largest absolute Gasteiger partial charge is 0.462 e. The second-order valence-corrected chi connectivity index (χ2v) is 10.7. The van der Waals surface area contributed by atoms with E-state index in [9.17, 15) is 4.79 Å². The monoisotopic (exact) mass is 404 g/mol. The number of carbonyl (C=O) groups excluding carboxylic acids is 1. The summed E-state index contributed by atoms with van der Waals surface area (Å²) in [6.07, 6.45) is 23.7. The molecule has 0 bridgehead atoms. The number of carbonyl (C=O) groups is 1. The Morgan fingerprint density at radius 1 is 0.655 bits per heavy atom. The minimum absolute atomic E-state index is 0.0582. The van der Waals surface area contributed by atoms with Gasteiger partial charge < -0.3 is 4.74 Å². The van der Waals surface area contributed by atoms with E-state index >= 15 is 0 Å². The molecule has 168 valence electrons. The second-order valence-electron chi connectivity index (χ2n) is 10.7. The maximum atomic E-state index is 12.1. The number of esters is 1. The molecule has 0 aromatic heterocycles. The van der Waals surface area contributed by atoms with Crippen LogP contribution in [0.3, 0.4) is 0 Å². The molecule has 0 spiro atoms. The van der Waals surface area contributed by atoms with E-state index in [1.165, 1.54) is 89.9 Å². The average Bonchev–Trinajstić information content (AvgIpc) is 2.77. The average molecular weight is 405 g/mol. The Bertz CT molecular complexity index is 449. The number of hydrogen-bond acceptors (Lipinski definition) is 2. The lowest BCUT2D eigenvalue weighted by Crippen LogP contribution is -2.31. The fourth-order valence-electron chi connectivity index (χ4n) is 6.77. The van der Waals surface area contributed by atoms with Crippen LogP contribution >= 0.6 is 0 Å². The van der Waals surface area contributed by atoms with Crippen molar-refractivity contribution >= 4 is 5.97 Å². The van der Waals surface area contributed by atoms with Crippen molar-refractivity contribution in [2.75, 3.05) is 0 Å². The van der Waals surface area contributed by atoms with Crippen LogP contribution < -0.4 is 0 Å². The highest BCUT2D eigenvalue weighted by Gasteiger charge is 2.35. The molecule has 0 aromatic rings. The predicted octanol–water partition coefficient (Wildman–Crippen LogP) is 8.08. The summed E-state index contributed by atoms with van der Waals surface area (Å²) in [6.45, 7) is 4.58. The van der Waals surface area contributed by atoms with Gasteiger partial charge in [0.05, 0.1) is 0 Å². The predicted molar refractivity (Wildman–Crippen MR) is 122 cm³/mol. The van der Waals surface area contributed by atoms with Crippen LogP contribution in [0.4, 0.5) is 0 Å². The zero-order valence-corrected chi connectivity index (χ0v) is 19.5. The molecule has 3 saturated carbocycles. The number of rotatable bonds is 9. The molecular formula is C27H48O2. The van der Waals surface area contributed by atoms with Crippen molar-refractivity contribution in [2.24, 2.45) is 29.6 Å². The Morgan fingerprint density at radius 2 is 1.14 bits per heavy atom. The van der Waals surface area contributed by atoms with Crippen LogP contribution in [0.25, 0.3) is 0 Å². The third kappa shape index (κ3) is 7.28. The summed E-state index contributed by atoms with van der Waals surface area (Å²) in [5, 5.41) is 0. The van der Waals surface area contributed by atoms with Crippen LogP contribution in [0, 0.1) is 29.6 Å². The fraction of sp³-hybridized carbons (Fsp3) is 0.963. The Hall–Kier alpha value is -0.530. The molecule has 0 aliphatic heterocycles. The van der Waals surface area contributed by atoms with E-state index in [2.05, 4.69) is 13.8 Å². The van der Waals surface area contributed by atoms with Crippen LogP contribution in [0.2, 0.25) is 0 Å². The standard InChI is InChI=1S/C27H48O2/c1-3-5-6-7-8-27(28)29-26-19-17-25(18-20-26)24-15-13-23(14-16-24)22-11-9-21(4-2)10-12-22/h21-26H,3-20H2,1-2H3/t21-,22-,23-,24-,25-,26-. The van der Waals surface area contributed by atoms with Crippen molar-refractivity contribution in [2.45, 2.75) is 136 Å². The van der Waals surface area contributed by atoms with Crippen molar-refractivity contribution in [3.63, 3.8) is 0 Å². The van der Waals surface area contributed by atoms with Gasteiger partial charge in [-0.05, 0) is 100 Å². The summed E-state index contributed by atoms with van der Waals surface area (Å²) in [5.41, 5.74) is 0. The smallest absolute Gasteiger partial charge is 0.306 e. The van der Waals surface area contributed by atoms with Gasteiger partial charge in [0.15, 0.2) is 0 Å². The van der Waals surface area contributed by atoms with Gasteiger partial charge in [-0.15, -0.1) is 0 Å². The lowest BCUT2D eigenvalue weighted by Gasteiger charge is -2.41. The van der Waals surface area contributed by atoms with E-state index in [0.717, 1.165) is 48.9 Å². The third-order valence-electron chi connectivity index (χ3n) is 8.87. The first-order valence-electron chi connectivity index (χ1n) is 13.4. The first kappa shape index (κ1) is 23.1. The number of unbranched alkanes of at least 4 members (excludes halogenated alkanes) is 3. The molecule has 3 rings (SSSR count). The minimum atomic E-state index is 0.0582. The second kappa shape index (κ2) is 12.4. The Kier molecular flexibility index (Phi) is 9.86. The molecule has 0 heterocycles. The van der Waals surface area contributed by atoms with Crippen LogP contribution in [-0.2, 0) is 9.53 Å². The van der Waals surface area contributed by atoms with Crippen molar-refractivity contribution in [1.29, 1.82) is 0 Å². The van der Waals surface area contributed by atoms with Gasteiger partial charge in [0.1, 0.15) is 6.10 Å². The van der Waals surface area contributed by atoms with Crippen molar-refractivity contribution in [3.8, 4) is 0 Å². The zero-order chi connectivity index (χ0) is 20.5. The highest BCUT2D eigenvalue weighted by Crippen LogP contribution is 2.45. The van der Waals surface area contributed by atoms with Gasteiger partial charge in [0, 0.05) is 6.42 Å². The van der Waals surface area contributed by atoms with Gasteiger partial charge in [-0.3, -0.25) is 4.79 Å². The molecule has 0 radical (unpaired) electrons. The fourth-order valence-corrected chi connectivity index (χ4v) is 6.77. The molecule has 3 aliphatic carbocycles. The van der Waals surface area contributed by atoms with Gasteiger partial charge in [-0.2, -0.15) is 0 Å². The molecule has 29 heavy (non-hydrogen) atoms. The Balaban J connectivity index is 1.29. The topological polar surface area (TPSA) is 26.3 Å². The van der Waals surface area contributed by atoms with E-state index in [0.29, 0.717) is 6.42 Å². The highest BCUT2D eigenvalue weighted by atomic mass is 16.5. The van der Waals surface area contributed by atoms with Crippen LogP contribution in [0.1, 0.15) is 129 Å². The maximum Gasteiger partial charge on any atom is 0.306 e. The van der Waals surface area contributed by atoms with Gasteiger partial charge in [-0.1, -0.05) is 52.4 Å². The minimum Gasteiger partial charge on any atom is -0.462 e. The number of ether oxygens (including phenoxy) is 1. The van der Waals surface area contributed by atoms with Gasteiger partial charge in [0.25, 0.3) is 0 Å². The normalized spacial score (nSPS) is 35.9. The molecule has 0 unspecified atom stereocenters. The van der Waals surface area contributed by atoms with Crippen LogP contribution in [0.15, 0.2) is 0 Å². The summed E-state index contributed by atoms with van der Waals surface area (Å²) in [7, 11) is 0. The SMILES string of the molecule is CCCCCCC(=O)O[C@H]1CC[C@H]([C@H]2CC[C@H]([C@H]3CC[C@H](CC)CC3)CC2)CC1. The molecule has 2 nitrogen and oxygen atoms in total. The first-order valence-corrected chi connectivity index (χ1v) is 13.4. The summed E-state index contributed by atoms with van der Waals surface area (Å²) in [6, 6.07) is 0. The molecule has 3 aliphatic rings. The van der Waals surface area contributed by atoms with Crippen LogP contribution in [-0.4, -0.2) is 12.1 Å². The van der Waals surface area contributed by atoms with E-state index in [-0.39, 0.29) is 12.1 Å². The summed E-state index contributed by atoms with van der Waals surface area (Å²) >= 11 is 0. The maximum absolute atomic E-state index is 12.1. The van der Waals surface area contributed by atoms with Crippen molar-refractivity contribution in [1.82, 2.24) is 0 Å². The van der Waals surface area contributed by atoms with Crippen molar-refractivity contribution < 1.29 is 9.53 Å². The highest BCUT2D eigenvalue weighted by molar-refractivity contribution is 5.69. The quantitative estimate of drug-likeness (QED) is 0.287. The van der Waals surface area contributed by atoms with E-state index in [4.69, 9.17) is 4.74 Å². The third-order valence-corrected chi connectivity index (χ3v) is 8.87. The first-order chi connectivity index (χ1) is 14.2. The molecule has 0 N–H and O–H groups in total. The van der Waals surface area contributed by atoms with Crippen LogP contribution in [0.5, 0.6) is 0 Å². The molecule has 3 fully saturated rings. The molecule has 0 saturated heterocycles. The van der Waals surface area contributed by atoms with E-state index < -0.39 is 0 Å². The Morgan fingerprint density at radius 3 is 1.62 bits per heavy atom. The lowest BCUT2D eigenvalue weighted by molar-refractivity contribution is -0.151. The molecular weight excluding hydrogens is 356 g/mol. The van der Waals surface area contributed by atoms with Gasteiger partial charge in [0.2, 0.25) is 0 Å². The lowest BCUT2D eigenvalue weighted by atomic mass is 9.65. The van der Waals surface area contributed by atoms with Crippen molar-refractivity contribution in [3.05, 3.63) is 0 Å². The van der Waals surface area contributed by atoms with E-state index in [1.54, 1.807) is 0 Å².